The smallest absolute Gasteiger partial charge is 0.0935 e. The van der Waals surface area contributed by atoms with Crippen LogP contribution in [0.1, 0.15) is 45.1 Å². The molecule has 15 heavy (non-hydrogen) atoms. The van der Waals surface area contributed by atoms with E-state index in [2.05, 4.69) is 13.8 Å². The van der Waals surface area contributed by atoms with Crippen molar-refractivity contribution in [2.45, 2.75) is 51.6 Å². The Bertz CT molecular complexity index is 313. The van der Waals surface area contributed by atoms with Gasteiger partial charge in [-0.15, -0.1) is 0 Å². The second-order valence-corrected chi connectivity index (χ2v) is 5.73. The number of hydrogen-bond acceptors (Lipinski definition) is 2. The van der Waals surface area contributed by atoms with Crippen LogP contribution in [0.4, 0.5) is 0 Å². The Morgan fingerprint density at radius 2 is 2.20 bits per heavy atom. The first-order valence-electron chi connectivity index (χ1n) is 5.73. The quantitative estimate of drug-likeness (QED) is 0.810. The van der Waals surface area contributed by atoms with Gasteiger partial charge in [0.15, 0.2) is 0 Å². The number of furan rings is 1. The minimum atomic E-state index is -0.522. The average molecular weight is 208 g/mol. The molecule has 2 heteroatoms. The molecule has 0 radical (unpaired) electrons. The molecule has 2 rings (SSSR count). The Morgan fingerprint density at radius 1 is 1.40 bits per heavy atom. The number of rotatable bonds is 2. The Morgan fingerprint density at radius 3 is 2.80 bits per heavy atom. The Hall–Kier alpha value is -0.760. The predicted molar refractivity (Wildman–Crippen MR) is 59.6 cm³/mol. The van der Waals surface area contributed by atoms with Crippen molar-refractivity contribution in [3.05, 3.63) is 24.2 Å². The lowest BCUT2D eigenvalue weighted by Crippen LogP contribution is -2.40. The third kappa shape index (κ3) is 2.63. The van der Waals surface area contributed by atoms with E-state index >= 15 is 0 Å². The van der Waals surface area contributed by atoms with Gasteiger partial charge in [0.2, 0.25) is 0 Å². The van der Waals surface area contributed by atoms with Crippen LogP contribution in [-0.2, 0) is 6.42 Å². The SMILES string of the molecule is CC1(C)CCCC(O)(Cc2ccoc2)C1. The van der Waals surface area contributed by atoms with Gasteiger partial charge in [0, 0.05) is 6.42 Å². The molecule has 1 atom stereocenters. The van der Waals surface area contributed by atoms with Gasteiger partial charge in [-0.25, -0.2) is 0 Å². The van der Waals surface area contributed by atoms with Gasteiger partial charge in [0.25, 0.3) is 0 Å². The largest absolute Gasteiger partial charge is 0.472 e. The van der Waals surface area contributed by atoms with E-state index in [1.165, 1.54) is 6.42 Å². The highest BCUT2D eigenvalue weighted by molar-refractivity contribution is 5.10. The average Bonchev–Trinajstić information content (AvgIpc) is 2.52. The molecule has 0 spiro atoms. The zero-order valence-electron chi connectivity index (χ0n) is 9.62. The van der Waals surface area contributed by atoms with Gasteiger partial charge < -0.3 is 9.52 Å². The fourth-order valence-electron chi connectivity index (χ4n) is 2.89. The molecule has 1 aliphatic carbocycles. The summed E-state index contributed by atoms with van der Waals surface area (Å²) in [7, 11) is 0. The first kappa shape index (κ1) is 10.7. The molecule has 1 saturated carbocycles. The second kappa shape index (κ2) is 3.67. The van der Waals surface area contributed by atoms with Crippen LogP contribution in [0.2, 0.25) is 0 Å². The zero-order chi connectivity index (χ0) is 10.9. The molecule has 0 aromatic carbocycles. The van der Waals surface area contributed by atoms with E-state index in [1.54, 1.807) is 12.5 Å². The molecule has 0 aliphatic heterocycles. The third-order valence-corrected chi connectivity index (χ3v) is 3.42. The highest BCUT2D eigenvalue weighted by Crippen LogP contribution is 2.42. The molecule has 1 heterocycles. The summed E-state index contributed by atoms with van der Waals surface area (Å²) in [4.78, 5) is 0. The predicted octanol–water partition coefficient (Wildman–Crippen LogP) is 3.15. The van der Waals surface area contributed by atoms with Crippen LogP contribution in [0, 0.1) is 5.41 Å². The highest BCUT2D eigenvalue weighted by Gasteiger charge is 2.38. The zero-order valence-corrected chi connectivity index (χ0v) is 9.62. The van der Waals surface area contributed by atoms with E-state index in [0.29, 0.717) is 0 Å². The second-order valence-electron chi connectivity index (χ2n) is 5.73. The fraction of sp³-hybridized carbons (Fsp3) is 0.692. The van der Waals surface area contributed by atoms with Gasteiger partial charge in [-0.3, -0.25) is 0 Å². The van der Waals surface area contributed by atoms with Crippen LogP contribution in [0.5, 0.6) is 0 Å². The van der Waals surface area contributed by atoms with E-state index < -0.39 is 5.60 Å². The van der Waals surface area contributed by atoms with Gasteiger partial charge >= 0.3 is 0 Å². The lowest BCUT2D eigenvalue weighted by molar-refractivity contribution is -0.0382. The van der Waals surface area contributed by atoms with Crippen molar-refractivity contribution in [2.24, 2.45) is 5.41 Å². The summed E-state index contributed by atoms with van der Waals surface area (Å²) < 4.78 is 5.04. The lowest BCUT2D eigenvalue weighted by Gasteiger charge is -2.41. The van der Waals surface area contributed by atoms with Crippen LogP contribution in [0.3, 0.4) is 0 Å². The van der Waals surface area contributed by atoms with Crippen LogP contribution >= 0.6 is 0 Å². The van der Waals surface area contributed by atoms with E-state index in [9.17, 15) is 5.11 Å². The minimum Gasteiger partial charge on any atom is -0.472 e. The van der Waals surface area contributed by atoms with Gasteiger partial charge in [0.1, 0.15) is 0 Å². The maximum Gasteiger partial charge on any atom is 0.0935 e. The van der Waals surface area contributed by atoms with Crippen LogP contribution in [0.25, 0.3) is 0 Å². The first-order valence-corrected chi connectivity index (χ1v) is 5.73. The standard InChI is InChI=1S/C13H20O2/c1-12(2)5-3-6-13(14,10-12)8-11-4-7-15-9-11/h4,7,9,14H,3,5-6,8,10H2,1-2H3. The van der Waals surface area contributed by atoms with Crippen molar-refractivity contribution in [1.82, 2.24) is 0 Å². The summed E-state index contributed by atoms with van der Waals surface area (Å²) in [5.41, 5.74) is 0.859. The van der Waals surface area contributed by atoms with Gasteiger partial charge in [0.05, 0.1) is 18.1 Å². The molecule has 1 unspecified atom stereocenters. The lowest BCUT2D eigenvalue weighted by atomic mass is 9.68. The van der Waals surface area contributed by atoms with Gasteiger partial charge in [-0.1, -0.05) is 20.3 Å². The maximum atomic E-state index is 10.5. The fourth-order valence-corrected chi connectivity index (χ4v) is 2.89. The molecule has 0 amide bonds. The molecule has 0 bridgehead atoms. The van der Waals surface area contributed by atoms with Crippen LogP contribution in [0.15, 0.2) is 23.0 Å². The highest BCUT2D eigenvalue weighted by atomic mass is 16.3. The van der Waals surface area contributed by atoms with E-state index in [4.69, 9.17) is 4.42 Å². The maximum absolute atomic E-state index is 10.5. The van der Waals surface area contributed by atoms with Crippen LogP contribution < -0.4 is 0 Å². The molecule has 0 saturated heterocycles. The van der Waals surface area contributed by atoms with Gasteiger partial charge in [-0.05, 0) is 36.3 Å². The Kier molecular flexibility index (Phi) is 2.63. The van der Waals surface area contributed by atoms with Crippen molar-refractivity contribution in [3.63, 3.8) is 0 Å². The van der Waals surface area contributed by atoms with Gasteiger partial charge in [-0.2, -0.15) is 0 Å². The topological polar surface area (TPSA) is 33.4 Å². The molecule has 1 aliphatic rings. The molecule has 1 fully saturated rings. The van der Waals surface area contributed by atoms with Crippen molar-refractivity contribution in [3.8, 4) is 0 Å². The normalized spacial score (nSPS) is 30.3. The summed E-state index contributed by atoms with van der Waals surface area (Å²) in [6.45, 7) is 4.49. The molecular weight excluding hydrogens is 188 g/mol. The summed E-state index contributed by atoms with van der Waals surface area (Å²) in [6.07, 6.45) is 8.30. The molecule has 1 N–H and O–H groups in total. The first-order chi connectivity index (χ1) is 6.99. The molecule has 2 nitrogen and oxygen atoms in total. The van der Waals surface area contributed by atoms with E-state index in [-0.39, 0.29) is 5.41 Å². The molecule has 1 aromatic rings. The van der Waals surface area contributed by atoms with Crippen molar-refractivity contribution in [1.29, 1.82) is 0 Å². The minimum absolute atomic E-state index is 0.275. The number of aliphatic hydroxyl groups is 1. The summed E-state index contributed by atoms with van der Waals surface area (Å²) in [5.74, 6) is 0. The number of hydrogen-bond donors (Lipinski definition) is 1. The summed E-state index contributed by atoms with van der Waals surface area (Å²) in [6, 6.07) is 1.94. The van der Waals surface area contributed by atoms with E-state index in [1.807, 2.05) is 6.07 Å². The summed E-state index contributed by atoms with van der Waals surface area (Å²) in [5, 5.41) is 10.5. The molecular formula is C13H20O2. The molecule has 84 valence electrons. The van der Waals surface area contributed by atoms with E-state index in [0.717, 1.165) is 31.2 Å². The van der Waals surface area contributed by atoms with Crippen molar-refractivity contribution in [2.75, 3.05) is 0 Å². The summed E-state index contributed by atoms with van der Waals surface area (Å²) >= 11 is 0. The van der Waals surface area contributed by atoms with Crippen molar-refractivity contribution < 1.29 is 9.52 Å². The Labute approximate surface area is 91.3 Å². The molecule has 1 aromatic heterocycles. The monoisotopic (exact) mass is 208 g/mol. The van der Waals surface area contributed by atoms with Crippen molar-refractivity contribution >= 4 is 0 Å². The third-order valence-electron chi connectivity index (χ3n) is 3.42. The van der Waals surface area contributed by atoms with Crippen LogP contribution in [-0.4, -0.2) is 10.7 Å². The Balaban J connectivity index is 2.06.